The summed E-state index contributed by atoms with van der Waals surface area (Å²) < 4.78 is 10.7. The number of benzene rings is 2. The molecule has 2 N–H and O–H groups in total. The number of anilines is 1. The molecule has 0 aliphatic rings. The van der Waals surface area contributed by atoms with Crippen LogP contribution in [0.5, 0.6) is 0 Å². The molecule has 2 aromatic heterocycles. The maximum atomic E-state index is 6.65. The monoisotopic (exact) mass is 438 g/mol. The van der Waals surface area contributed by atoms with E-state index in [-0.39, 0.29) is 18.4 Å². The Labute approximate surface area is 188 Å². The summed E-state index contributed by atoms with van der Waals surface area (Å²) in [7, 11) is 3.71. The first kappa shape index (κ1) is 22.7. The fourth-order valence-corrected chi connectivity index (χ4v) is 3.59. The highest BCUT2D eigenvalue weighted by Gasteiger charge is 2.18. The third kappa shape index (κ3) is 5.05. The maximum Gasteiger partial charge on any atom is 0.167 e. The van der Waals surface area contributed by atoms with Crippen LogP contribution >= 0.6 is 12.4 Å². The normalized spacial score (nSPS) is 11.8. The molecule has 6 nitrogen and oxygen atoms in total. The summed E-state index contributed by atoms with van der Waals surface area (Å²) in [6, 6.07) is 21.8. The lowest BCUT2D eigenvalue weighted by molar-refractivity contribution is 0.206. The minimum atomic E-state index is -0.219. The highest BCUT2D eigenvalue weighted by Crippen LogP contribution is 2.33. The molecule has 1 atom stereocenters. The van der Waals surface area contributed by atoms with Crippen molar-refractivity contribution in [2.75, 3.05) is 32.2 Å². The van der Waals surface area contributed by atoms with Gasteiger partial charge in [0, 0.05) is 49.8 Å². The second-order valence-electron chi connectivity index (χ2n) is 7.33. The lowest BCUT2D eigenvalue weighted by atomic mass is 9.94. The molecular formula is C24H27ClN4O2. The van der Waals surface area contributed by atoms with E-state index in [0.717, 1.165) is 45.8 Å². The summed E-state index contributed by atoms with van der Waals surface area (Å²) in [6.45, 7) is 1.43. The van der Waals surface area contributed by atoms with Gasteiger partial charge in [0.2, 0.25) is 0 Å². The third-order valence-electron chi connectivity index (χ3n) is 5.24. The fraction of sp³-hybridized carbons (Fsp3) is 0.250. The average Bonchev–Trinajstić information content (AvgIpc) is 3.21. The molecule has 7 heteroatoms. The smallest absolute Gasteiger partial charge is 0.167 e. The van der Waals surface area contributed by atoms with Crippen molar-refractivity contribution >= 4 is 29.2 Å². The van der Waals surface area contributed by atoms with E-state index in [1.165, 1.54) is 0 Å². The van der Waals surface area contributed by atoms with Gasteiger partial charge in [-0.25, -0.2) is 4.98 Å². The van der Waals surface area contributed by atoms with Crippen molar-refractivity contribution < 1.29 is 9.26 Å². The molecule has 1 unspecified atom stereocenters. The molecule has 2 heterocycles. The van der Waals surface area contributed by atoms with Gasteiger partial charge < -0.3 is 19.9 Å². The van der Waals surface area contributed by atoms with E-state index in [1.54, 1.807) is 7.11 Å². The van der Waals surface area contributed by atoms with Gasteiger partial charge >= 0.3 is 0 Å². The number of ether oxygens (including phenoxy) is 1. The number of halogens is 1. The number of nitrogens with two attached hydrogens (primary N) is 1. The molecule has 0 saturated carbocycles. The van der Waals surface area contributed by atoms with E-state index in [0.29, 0.717) is 13.0 Å². The van der Waals surface area contributed by atoms with Crippen LogP contribution < -0.4 is 10.6 Å². The molecule has 2 aromatic carbocycles. The van der Waals surface area contributed by atoms with Crippen LogP contribution in [-0.2, 0) is 11.2 Å². The molecule has 0 aliphatic heterocycles. The highest BCUT2D eigenvalue weighted by molar-refractivity contribution is 5.92. The van der Waals surface area contributed by atoms with Crippen molar-refractivity contribution in [2.45, 2.75) is 12.5 Å². The molecular weight excluding hydrogens is 412 g/mol. The molecule has 0 radical (unpaired) electrons. The van der Waals surface area contributed by atoms with Crippen molar-refractivity contribution in [1.29, 1.82) is 0 Å². The summed E-state index contributed by atoms with van der Waals surface area (Å²) >= 11 is 0. The molecule has 0 amide bonds. The van der Waals surface area contributed by atoms with E-state index >= 15 is 0 Å². The fourth-order valence-electron chi connectivity index (χ4n) is 3.59. The number of aromatic nitrogens is 2. The van der Waals surface area contributed by atoms with Crippen LogP contribution in [0.3, 0.4) is 0 Å². The first-order valence-corrected chi connectivity index (χ1v) is 10.0. The Bertz CT molecular complexity index is 1130. The minimum Gasteiger partial charge on any atom is -0.383 e. The number of likely N-dealkylation sites (N-methyl/N-ethyl adjacent to an activating group) is 1. The van der Waals surface area contributed by atoms with Crippen LogP contribution in [0.25, 0.3) is 22.2 Å². The van der Waals surface area contributed by atoms with Crippen LogP contribution in [0.4, 0.5) is 5.82 Å². The average molecular weight is 439 g/mol. The van der Waals surface area contributed by atoms with Gasteiger partial charge in [-0.3, -0.25) is 0 Å². The predicted molar refractivity (Wildman–Crippen MR) is 127 cm³/mol. The second kappa shape index (κ2) is 10.4. The summed E-state index contributed by atoms with van der Waals surface area (Å²) in [5.41, 5.74) is 11.2. The highest BCUT2D eigenvalue weighted by atomic mass is 35.5. The van der Waals surface area contributed by atoms with Crippen LogP contribution in [-0.4, -0.2) is 37.4 Å². The van der Waals surface area contributed by atoms with Gasteiger partial charge in [-0.1, -0.05) is 47.6 Å². The van der Waals surface area contributed by atoms with Gasteiger partial charge in [-0.05, 0) is 29.8 Å². The summed E-state index contributed by atoms with van der Waals surface area (Å²) in [6.07, 6.45) is 0.624. The topological polar surface area (TPSA) is 77.4 Å². The number of rotatable bonds is 8. The molecule has 4 rings (SSSR count). The lowest BCUT2D eigenvalue weighted by Crippen LogP contribution is -2.23. The second-order valence-corrected chi connectivity index (χ2v) is 7.33. The van der Waals surface area contributed by atoms with Crippen molar-refractivity contribution in [1.82, 2.24) is 10.1 Å². The molecule has 0 spiro atoms. The summed E-state index contributed by atoms with van der Waals surface area (Å²) in [5, 5.41) is 5.30. The molecule has 0 saturated heterocycles. The van der Waals surface area contributed by atoms with Crippen LogP contribution in [0.2, 0.25) is 0 Å². The number of pyridine rings is 1. The van der Waals surface area contributed by atoms with E-state index in [9.17, 15) is 0 Å². The standard InChI is InChI=1S/C24H26N4O2.ClH/c1-28(14-15-29-2)23-13-7-8-17(26-23)16-21(25)18-9-3-4-10-19(18)24-20-11-5-6-12-22(20)30-27-24;/h3-13,21H,14-16,25H2,1-2H3;1H. The first-order valence-electron chi connectivity index (χ1n) is 10.0. The Morgan fingerprint density at radius 3 is 2.65 bits per heavy atom. The number of methoxy groups -OCH3 is 1. The van der Waals surface area contributed by atoms with E-state index in [2.05, 4.69) is 16.1 Å². The molecule has 4 aromatic rings. The molecule has 0 fully saturated rings. The van der Waals surface area contributed by atoms with Crippen molar-refractivity contribution in [3.63, 3.8) is 0 Å². The first-order chi connectivity index (χ1) is 14.7. The zero-order valence-corrected chi connectivity index (χ0v) is 18.5. The Balaban J connectivity index is 0.00000272. The minimum absolute atomic E-state index is 0. The zero-order chi connectivity index (χ0) is 20.9. The maximum absolute atomic E-state index is 6.65. The lowest BCUT2D eigenvalue weighted by Gasteiger charge is -2.19. The Kier molecular flexibility index (Phi) is 7.63. The number of fused-ring (bicyclic) bond motifs is 1. The van der Waals surface area contributed by atoms with E-state index in [4.69, 9.17) is 20.0 Å². The van der Waals surface area contributed by atoms with Crippen molar-refractivity contribution in [3.05, 3.63) is 78.0 Å². The quantitative estimate of drug-likeness (QED) is 0.432. The van der Waals surface area contributed by atoms with Gasteiger partial charge in [0.25, 0.3) is 0 Å². The van der Waals surface area contributed by atoms with Gasteiger partial charge in [0.1, 0.15) is 11.5 Å². The molecule has 0 bridgehead atoms. The van der Waals surface area contributed by atoms with Crippen LogP contribution in [0.1, 0.15) is 17.3 Å². The molecule has 0 aliphatic carbocycles. The van der Waals surface area contributed by atoms with Gasteiger partial charge in [0.15, 0.2) is 5.58 Å². The number of nitrogens with zero attached hydrogens (tertiary/aromatic N) is 3. The van der Waals surface area contributed by atoms with E-state index < -0.39 is 0 Å². The predicted octanol–water partition coefficient (Wildman–Crippen LogP) is 4.64. The number of hydrogen-bond donors (Lipinski definition) is 1. The Morgan fingerprint density at radius 1 is 1.03 bits per heavy atom. The molecule has 31 heavy (non-hydrogen) atoms. The van der Waals surface area contributed by atoms with Gasteiger partial charge in [0.05, 0.1) is 6.61 Å². The summed E-state index contributed by atoms with van der Waals surface area (Å²) in [4.78, 5) is 6.87. The van der Waals surface area contributed by atoms with Gasteiger partial charge in [-0.2, -0.15) is 0 Å². The van der Waals surface area contributed by atoms with E-state index in [1.807, 2.05) is 67.7 Å². The zero-order valence-electron chi connectivity index (χ0n) is 17.7. The number of hydrogen-bond acceptors (Lipinski definition) is 6. The summed E-state index contributed by atoms with van der Waals surface area (Å²) in [5.74, 6) is 0.910. The van der Waals surface area contributed by atoms with Gasteiger partial charge in [-0.15, -0.1) is 12.4 Å². The molecule has 162 valence electrons. The van der Waals surface area contributed by atoms with Crippen LogP contribution in [0, 0.1) is 0 Å². The largest absolute Gasteiger partial charge is 0.383 e. The Morgan fingerprint density at radius 2 is 1.81 bits per heavy atom. The van der Waals surface area contributed by atoms with Crippen LogP contribution in [0.15, 0.2) is 71.3 Å². The SMILES string of the molecule is COCCN(C)c1cccc(CC(N)c2ccccc2-c2noc3ccccc23)n1.Cl. The number of para-hydroxylation sites is 1. The third-order valence-corrected chi connectivity index (χ3v) is 5.24. The van der Waals surface area contributed by atoms with Crippen molar-refractivity contribution in [3.8, 4) is 11.3 Å². The van der Waals surface area contributed by atoms with Crippen molar-refractivity contribution in [2.24, 2.45) is 5.73 Å². The Hall–Kier alpha value is -2.93.